The molecule has 0 bridgehead atoms. The highest BCUT2D eigenvalue weighted by molar-refractivity contribution is 7.98. The second-order valence-electron chi connectivity index (χ2n) is 7.19. The molecule has 164 valence electrons. The minimum atomic E-state index is -0.251. The van der Waals surface area contributed by atoms with E-state index in [1.54, 1.807) is 38.3 Å². The van der Waals surface area contributed by atoms with Crippen LogP contribution in [0.3, 0.4) is 0 Å². The molecule has 0 saturated carbocycles. The Bertz CT molecular complexity index is 983. The number of methoxy groups -OCH3 is 2. The van der Waals surface area contributed by atoms with Crippen molar-refractivity contribution in [2.45, 2.75) is 24.3 Å². The van der Waals surface area contributed by atoms with Crippen molar-refractivity contribution >= 4 is 35.2 Å². The van der Waals surface area contributed by atoms with Crippen molar-refractivity contribution in [2.24, 2.45) is 5.16 Å². The molecule has 0 radical (unpaired) electrons. The van der Waals surface area contributed by atoms with Crippen molar-refractivity contribution in [3.05, 3.63) is 70.5 Å². The molecule has 0 N–H and O–H groups in total. The number of ether oxygens (including phenoxy) is 2. The van der Waals surface area contributed by atoms with E-state index < -0.39 is 0 Å². The van der Waals surface area contributed by atoms with Crippen LogP contribution in [0, 0.1) is 5.82 Å². The molecular formula is C25H28FNO3S. The van der Waals surface area contributed by atoms with Crippen LogP contribution >= 0.6 is 11.8 Å². The number of hydrogen-bond acceptors (Lipinski definition) is 5. The zero-order valence-electron chi connectivity index (χ0n) is 18.4. The van der Waals surface area contributed by atoms with Crippen LogP contribution in [0.4, 0.5) is 4.39 Å². The molecule has 0 spiro atoms. The van der Waals surface area contributed by atoms with Crippen molar-refractivity contribution in [2.75, 3.05) is 33.7 Å². The topological polar surface area (TPSA) is 40.0 Å². The van der Waals surface area contributed by atoms with Crippen LogP contribution < -0.4 is 0 Å². The first-order chi connectivity index (χ1) is 15.1. The average molecular weight is 442 g/mol. The molecule has 0 aliphatic heterocycles. The van der Waals surface area contributed by atoms with Crippen molar-refractivity contribution in [1.29, 1.82) is 0 Å². The Labute approximate surface area is 187 Å². The fourth-order valence-electron chi connectivity index (χ4n) is 3.59. The normalized spacial score (nSPS) is 15.7. The molecule has 2 aromatic carbocycles. The number of nitrogens with zero attached hydrogens (tertiary/aromatic N) is 1. The molecule has 1 atom stereocenters. The molecule has 1 aliphatic carbocycles. The Morgan fingerprint density at radius 1 is 1.10 bits per heavy atom. The van der Waals surface area contributed by atoms with Gasteiger partial charge in [0.2, 0.25) is 0 Å². The molecule has 31 heavy (non-hydrogen) atoms. The highest BCUT2D eigenvalue weighted by atomic mass is 32.2. The van der Waals surface area contributed by atoms with E-state index in [1.807, 2.05) is 6.07 Å². The van der Waals surface area contributed by atoms with E-state index in [-0.39, 0.29) is 11.9 Å². The Morgan fingerprint density at radius 2 is 1.87 bits per heavy atom. The molecule has 0 amide bonds. The number of thioether (sulfide) groups is 1. The van der Waals surface area contributed by atoms with Gasteiger partial charge in [-0.15, -0.1) is 11.8 Å². The Hall–Kier alpha value is -2.41. The fraction of sp³-hybridized carbons (Fsp3) is 0.320. The SMILES string of the molecule is COCC(C=NOCCC1=C(C)/C(=C/c2ccc(SC)cc2)c2ccc(F)cc21)OC. The molecule has 1 unspecified atom stereocenters. The summed E-state index contributed by atoms with van der Waals surface area (Å²) in [4.78, 5) is 6.66. The molecule has 4 nitrogen and oxygen atoms in total. The van der Waals surface area contributed by atoms with E-state index in [1.165, 1.54) is 11.0 Å². The third kappa shape index (κ3) is 5.85. The van der Waals surface area contributed by atoms with E-state index in [4.69, 9.17) is 14.3 Å². The monoisotopic (exact) mass is 441 g/mol. The lowest BCUT2D eigenvalue weighted by Crippen LogP contribution is -2.18. The van der Waals surface area contributed by atoms with Crippen LogP contribution in [-0.2, 0) is 14.3 Å². The van der Waals surface area contributed by atoms with Crippen LogP contribution in [0.1, 0.15) is 30.0 Å². The zero-order valence-corrected chi connectivity index (χ0v) is 19.2. The molecule has 0 saturated heterocycles. The summed E-state index contributed by atoms with van der Waals surface area (Å²) >= 11 is 1.72. The molecule has 3 rings (SSSR count). The van der Waals surface area contributed by atoms with Gasteiger partial charge < -0.3 is 14.3 Å². The van der Waals surface area contributed by atoms with Gasteiger partial charge in [0, 0.05) is 25.5 Å². The maximum Gasteiger partial charge on any atom is 0.123 e. The molecule has 1 aliphatic rings. The summed E-state index contributed by atoms with van der Waals surface area (Å²) in [6.07, 6.45) is 6.18. The van der Waals surface area contributed by atoms with Gasteiger partial charge in [0.15, 0.2) is 0 Å². The number of oxime groups is 1. The van der Waals surface area contributed by atoms with Crippen LogP contribution in [-0.4, -0.2) is 46.0 Å². The highest BCUT2D eigenvalue weighted by Crippen LogP contribution is 2.43. The fourth-order valence-corrected chi connectivity index (χ4v) is 4.00. The zero-order chi connectivity index (χ0) is 22.2. The third-order valence-electron chi connectivity index (χ3n) is 5.26. The van der Waals surface area contributed by atoms with Crippen molar-refractivity contribution in [1.82, 2.24) is 0 Å². The van der Waals surface area contributed by atoms with Crippen molar-refractivity contribution in [3.8, 4) is 0 Å². The summed E-state index contributed by atoms with van der Waals surface area (Å²) in [6, 6.07) is 13.4. The number of benzene rings is 2. The van der Waals surface area contributed by atoms with E-state index in [9.17, 15) is 4.39 Å². The van der Waals surface area contributed by atoms with Crippen molar-refractivity contribution in [3.63, 3.8) is 0 Å². The molecule has 0 aromatic heterocycles. The smallest absolute Gasteiger partial charge is 0.123 e. The lowest BCUT2D eigenvalue weighted by atomic mass is 10.0. The summed E-state index contributed by atoms with van der Waals surface area (Å²) in [5, 5.41) is 3.98. The summed E-state index contributed by atoms with van der Waals surface area (Å²) in [7, 11) is 3.20. The number of hydrogen-bond donors (Lipinski definition) is 0. The Balaban J connectivity index is 1.79. The van der Waals surface area contributed by atoms with Crippen LogP contribution in [0.2, 0.25) is 0 Å². The van der Waals surface area contributed by atoms with Gasteiger partial charge in [-0.2, -0.15) is 0 Å². The Morgan fingerprint density at radius 3 is 2.55 bits per heavy atom. The van der Waals surface area contributed by atoms with Crippen LogP contribution in [0.25, 0.3) is 17.2 Å². The van der Waals surface area contributed by atoms with Gasteiger partial charge in [-0.3, -0.25) is 0 Å². The summed E-state index contributed by atoms with van der Waals surface area (Å²) in [6.45, 7) is 2.88. The van der Waals surface area contributed by atoms with Gasteiger partial charge in [0.05, 0.1) is 12.8 Å². The first-order valence-electron chi connectivity index (χ1n) is 10.1. The second-order valence-corrected chi connectivity index (χ2v) is 8.07. The van der Waals surface area contributed by atoms with E-state index in [0.29, 0.717) is 19.6 Å². The minimum Gasteiger partial charge on any atom is -0.396 e. The number of halogens is 1. The molecule has 0 heterocycles. The molecule has 0 fully saturated rings. The van der Waals surface area contributed by atoms with Gasteiger partial charge in [-0.25, -0.2) is 4.39 Å². The van der Waals surface area contributed by atoms with Gasteiger partial charge in [0.1, 0.15) is 18.5 Å². The average Bonchev–Trinajstić information content (AvgIpc) is 3.03. The van der Waals surface area contributed by atoms with Crippen molar-refractivity contribution < 1.29 is 18.7 Å². The first kappa shape index (κ1) is 23.3. The van der Waals surface area contributed by atoms with Gasteiger partial charge >= 0.3 is 0 Å². The van der Waals surface area contributed by atoms with Gasteiger partial charge in [-0.1, -0.05) is 23.4 Å². The van der Waals surface area contributed by atoms with Crippen LogP contribution in [0.15, 0.2) is 58.1 Å². The minimum absolute atomic E-state index is 0.240. The van der Waals surface area contributed by atoms with E-state index >= 15 is 0 Å². The lowest BCUT2D eigenvalue weighted by Gasteiger charge is -2.08. The largest absolute Gasteiger partial charge is 0.396 e. The standard InChI is InChI=1S/C25H28FNO3S/c1-17-22(11-12-30-27-15-20(29-3)16-28-2)25-14-19(26)7-10-23(25)24(17)13-18-5-8-21(31-4)9-6-18/h5-10,13-15,20H,11-12,16H2,1-4H3/b24-13-,27-15?. The predicted molar refractivity (Wildman–Crippen MR) is 127 cm³/mol. The maximum atomic E-state index is 14.0. The van der Waals surface area contributed by atoms with E-state index in [2.05, 4.69) is 48.7 Å². The maximum absolute atomic E-state index is 14.0. The molecule has 2 aromatic rings. The third-order valence-corrected chi connectivity index (χ3v) is 6.00. The number of rotatable bonds is 10. The molecular weight excluding hydrogens is 413 g/mol. The number of allylic oxidation sites excluding steroid dienone is 2. The van der Waals surface area contributed by atoms with E-state index in [0.717, 1.165) is 33.4 Å². The van der Waals surface area contributed by atoms with Crippen LogP contribution in [0.5, 0.6) is 0 Å². The summed E-state index contributed by atoms with van der Waals surface area (Å²) in [5.74, 6) is -0.240. The Kier molecular flexibility index (Phi) is 8.46. The predicted octanol–water partition coefficient (Wildman–Crippen LogP) is 5.93. The highest BCUT2D eigenvalue weighted by Gasteiger charge is 2.24. The second kappa shape index (κ2) is 11.3. The summed E-state index contributed by atoms with van der Waals surface area (Å²) in [5.41, 5.74) is 6.42. The van der Waals surface area contributed by atoms with Gasteiger partial charge in [-0.05, 0) is 76.9 Å². The van der Waals surface area contributed by atoms with Gasteiger partial charge in [0.25, 0.3) is 0 Å². The summed E-state index contributed by atoms with van der Waals surface area (Å²) < 4.78 is 24.3. The molecule has 6 heteroatoms. The quantitative estimate of drug-likeness (QED) is 0.198. The number of fused-ring (bicyclic) bond motifs is 1. The first-order valence-corrected chi connectivity index (χ1v) is 11.3. The lowest BCUT2D eigenvalue weighted by molar-refractivity contribution is 0.0666.